The Morgan fingerprint density at radius 3 is 2.59 bits per heavy atom. The third-order valence-electron chi connectivity index (χ3n) is 2.93. The summed E-state index contributed by atoms with van der Waals surface area (Å²) in [5, 5.41) is 4.00. The van der Waals surface area contributed by atoms with Crippen molar-refractivity contribution in [1.29, 1.82) is 0 Å². The van der Waals surface area contributed by atoms with Gasteiger partial charge in [-0.15, -0.1) is 0 Å². The van der Waals surface area contributed by atoms with Crippen molar-refractivity contribution in [2.45, 2.75) is 26.8 Å². The van der Waals surface area contributed by atoms with Crippen LogP contribution in [0.15, 0.2) is 12.3 Å². The molecule has 0 saturated carbocycles. The van der Waals surface area contributed by atoms with E-state index in [1.165, 1.54) is 4.90 Å². The van der Waals surface area contributed by atoms with Gasteiger partial charge in [-0.3, -0.25) is 19.2 Å². The van der Waals surface area contributed by atoms with Crippen molar-refractivity contribution in [3.8, 4) is 0 Å². The van der Waals surface area contributed by atoms with E-state index in [9.17, 15) is 9.59 Å². The van der Waals surface area contributed by atoms with Crippen LogP contribution in [0.3, 0.4) is 0 Å². The number of nitrogen functional groups attached to an aromatic ring is 1. The lowest BCUT2D eigenvalue weighted by atomic mass is 9.92. The molecule has 1 aliphatic heterocycles. The molecular formula is C11H16N4O2. The molecule has 1 aromatic rings. The van der Waals surface area contributed by atoms with Crippen LogP contribution in [0.1, 0.15) is 20.3 Å². The Hall–Kier alpha value is -1.85. The summed E-state index contributed by atoms with van der Waals surface area (Å²) >= 11 is 0. The zero-order valence-corrected chi connectivity index (χ0v) is 10.0. The quantitative estimate of drug-likeness (QED) is 0.763. The fourth-order valence-electron chi connectivity index (χ4n) is 1.96. The van der Waals surface area contributed by atoms with Crippen LogP contribution in [0, 0.1) is 5.41 Å². The Bertz CT molecular complexity index is 464. The maximum atomic E-state index is 11.9. The van der Waals surface area contributed by atoms with Crippen LogP contribution in [-0.4, -0.2) is 33.0 Å². The van der Waals surface area contributed by atoms with Crippen LogP contribution in [0.25, 0.3) is 0 Å². The minimum absolute atomic E-state index is 0.109. The monoisotopic (exact) mass is 236 g/mol. The second-order valence-electron chi connectivity index (χ2n) is 4.91. The van der Waals surface area contributed by atoms with E-state index in [0.29, 0.717) is 18.9 Å². The molecule has 2 amide bonds. The number of anilines is 1. The first-order valence-corrected chi connectivity index (χ1v) is 5.54. The fourth-order valence-corrected chi connectivity index (χ4v) is 1.96. The molecule has 92 valence electrons. The number of likely N-dealkylation sites (tertiary alicyclic amines) is 1. The second-order valence-corrected chi connectivity index (χ2v) is 4.91. The van der Waals surface area contributed by atoms with Crippen LogP contribution in [0.4, 0.5) is 5.82 Å². The number of hydrogen-bond acceptors (Lipinski definition) is 4. The molecule has 0 bridgehead atoms. The normalized spacial score (nSPS) is 19.1. The molecule has 17 heavy (non-hydrogen) atoms. The van der Waals surface area contributed by atoms with Gasteiger partial charge < -0.3 is 5.73 Å². The maximum Gasteiger partial charge on any atom is 0.235 e. The van der Waals surface area contributed by atoms with E-state index in [1.54, 1.807) is 30.8 Å². The van der Waals surface area contributed by atoms with Gasteiger partial charge in [-0.2, -0.15) is 5.10 Å². The molecule has 0 spiro atoms. The number of amides is 2. The van der Waals surface area contributed by atoms with Gasteiger partial charge in [0.15, 0.2) is 0 Å². The summed E-state index contributed by atoms with van der Waals surface area (Å²) < 4.78 is 1.63. The van der Waals surface area contributed by atoms with Crippen molar-refractivity contribution in [2.75, 3.05) is 12.3 Å². The standard InChI is InChI=1S/C11H16N4O2/c1-11(2)7-9(16)15(10(11)17)6-5-14-4-3-8(12)13-14/h3-4H,5-7H2,1-2H3,(H2,12,13). The molecule has 1 fully saturated rings. The molecule has 0 aliphatic carbocycles. The Kier molecular flexibility index (Phi) is 2.65. The maximum absolute atomic E-state index is 11.9. The van der Waals surface area contributed by atoms with Crippen molar-refractivity contribution < 1.29 is 9.59 Å². The lowest BCUT2D eigenvalue weighted by Crippen LogP contribution is -2.35. The first-order chi connectivity index (χ1) is 7.90. The Morgan fingerprint density at radius 1 is 1.41 bits per heavy atom. The molecule has 0 unspecified atom stereocenters. The summed E-state index contributed by atoms with van der Waals surface area (Å²) in [6.07, 6.45) is 2.01. The van der Waals surface area contributed by atoms with Gasteiger partial charge in [0.1, 0.15) is 5.82 Å². The largest absolute Gasteiger partial charge is 0.382 e. The van der Waals surface area contributed by atoms with Gasteiger partial charge in [-0.1, -0.05) is 13.8 Å². The summed E-state index contributed by atoms with van der Waals surface area (Å²) in [6.45, 7) is 4.41. The minimum atomic E-state index is -0.569. The van der Waals surface area contributed by atoms with Crippen LogP contribution in [0.2, 0.25) is 0 Å². The average molecular weight is 236 g/mol. The van der Waals surface area contributed by atoms with Crippen LogP contribution < -0.4 is 5.73 Å². The molecule has 0 radical (unpaired) electrons. The third-order valence-corrected chi connectivity index (χ3v) is 2.93. The number of aromatic nitrogens is 2. The van der Waals surface area contributed by atoms with E-state index in [1.807, 2.05) is 0 Å². The van der Waals surface area contributed by atoms with Gasteiger partial charge in [0.2, 0.25) is 11.8 Å². The lowest BCUT2D eigenvalue weighted by molar-refractivity contribution is -0.140. The number of rotatable bonds is 3. The summed E-state index contributed by atoms with van der Waals surface area (Å²) in [7, 11) is 0. The van der Waals surface area contributed by atoms with E-state index in [0.717, 1.165) is 0 Å². The first kappa shape index (κ1) is 11.6. The zero-order valence-electron chi connectivity index (χ0n) is 10.0. The summed E-state index contributed by atoms with van der Waals surface area (Å²) in [5.41, 5.74) is 4.91. The summed E-state index contributed by atoms with van der Waals surface area (Å²) in [6, 6.07) is 1.68. The molecular weight excluding hydrogens is 220 g/mol. The van der Waals surface area contributed by atoms with Crippen molar-refractivity contribution in [2.24, 2.45) is 5.41 Å². The summed E-state index contributed by atoms with van der Waals surface area (Å²) in [4.78, 5) is 24.9. The molecule has 1 aliphatic rings. The van der Waals surface area contributed by atoms with Crippen LogP contribution in [-0.2, 0) is 16.1 Å². The molecule has 2 rings (SSSR count). The predicted molar refractivity (Wildman–Crippen MR) is 61.8 cm³/mol. The highest BCUT2D eigenvalue weighted by molar-refractivity contribution is 6.05. The van der Waals surface area contributed by atoms with E-state index < -0.39 is 5.41 Å². The lowest BCUT2D eigenvalue weighted by Gasteiger charge is -2.17. The molecule has 6 heteroatoms. The smallest absolute Gasteiger partial charge is 0.235 e. The number of hydrogen-bond donors (Lipinski definition) is 1. The van der Waals surface area contributed by atoms with Crippen LogP contribution in [0.5, 0.6) is 0 Å². The topological polar surface area (TPSA) is 81.2 Å². The van der Waals surface area contributed by atoms with E-state index in [4.69, 9.17) is 5.73 Å². The average Bonchev–Trinajstić information content (AvgIpc) is 2.70. The van der Waals surface area contributed by atoms with E-state index in [2.05, 4.69) is 5.10 Å². The summed E-state index contributed by atoms with van der Waals surface area (Å²) in [5.74, 6) is 0.215. The molecule has 2 N–H and O–H groups in total. The van der Waals surface area contributed by atoms with Crippen molar-refractivity contribution >= 4 is 17.6 Å². The highest BCUT2D eigenvalue weighted by atomic mass is 16.2. The van der Waals surface area contributed by atoms with Gasteiger partial charge >= 0.3 is 0 Å². The minimum Gasteiger partial charge on any atom is -0.382 e. The van der Waals surface area contributed by atoms with Crippen molar-refractivity contribution in [3.05, 3.63) is 12.3 Å². The zero-order chi connectivity index (χ0) is 12.6. The van der Waals surface area contributed by atoms with Crippen molar-refractivity contribution in [1.82, 2.24) is 14.7 Å². The van der Waals surface area contributed by atoms with Gasteiger partial charge in [0.05, 0.1) is 12.0 Å². The molecule has 1 saturated heterocycles. The van der Waals surface area contributed by atoms with Gasteiger partial charge in [-0.25, -0.2) is 0 Å². The number of imide groups is 1. The predicted octanol–water partition coefficient (Wildman–Crippen LogP) is 0.250. The molecule has 6 nitrogen and oxygen atoms in total. The van der Waals surface area contributed by atoms with Gasteiger partial charge in [0, 0.05) is 19.2 Å². The highest BCUT2D eigenvalue weighted by Crippen LogP contribution is 2.31. The molecule has 0 atom stereocenters. The Labute approximate surface area is 99.4 Å². The van der Waals surface area contributed by atoms with Gasteiger partial charge in [-0.05, 0) is 6.07 Å². The number of nitrogens with two attached hydrogens (primary N) is 1. The highest BCUT2D eigenvalue weighted by Gasteiger charge is 2.44. The van der Waals surface area contributed by atoms with Gasteiger partial charge in [0.25, 0.3) is 0 Å². The third kappa shape index (κ3) is 2.15. The Balaban J connectivity index is 2.00. The molecule has 0 aromatic carbocycles. The first-order valence-electron chi connectivity index (χ1n) is 5.54. The second kappa shape index (κ2) is 3.87. The van der Waals surface area contributed by atoms with Crippen molar-refractivity contribution in [3.63, 3.8) is 0 Å². The van der Waals surface area contributed by atoms with E-state index >= 15 is 0 Å². The number of carbonyl (C=O) groups is 2. The SMILES string of the molecule is CC1(C)CC(=O)N(CCn2ccc(N)n2)C1=O. The molecule has 2 heterocycles. The number of carbonyl (C=O) groups excluding carboxylic acids is 2. The Morgan fingerprint density at radius 2 is 2.12 bits per heavy atom. The molecule has 1 aromatic heterocycles. The van der Waals surface area contributed by atoms with E-state index in [-0.39, 0.29) is 18.2 Å². The fraction of sp³-hybridized carbons (Fsp3) is 0.545. The van der Waals surface area contributed by atoms with Crippen LogP contribution >= 0.6 is 0 Å². The number of nitrogens with zero attached hydrogens (tertiary/aromatic N) is 3.